The molecule has 3 heterocycles. The number of hydrogen-bond acceptors (Lipinski definition) is 3. The molecule has 0 saturated heterocycles. The van der Waals surface area contributed by atoms with E-state index in [0.717, 1.165) is 22.3 Å². The Morgan fingerprint density at radius 2 is 1.95 bits per heavy atom. The van der Waals surface area contributed by atoms with Gasteiger partial charge in [-0.15, -0.1) is 0 Å². The highest BCUT2D eigenvalue weighted by Gasteiger charge is 2.16. The molecule has 3 aromatic heterocycles. The average molecular weight is 299 g/mol. The number of nitrogens with zero attached hydrogens (tertiary/aromatic N) is 3. The molecule has 0 bridgehead atoms. The lowest BCUT2D eigenvalue weighted by Crippen LogP contribution is -2.11. The maximum absolute atomic E-state index is 14.2. The second kappa shape index (κ2) is 5.40. The minimum Gasteiger partial charge on any atom is -0.372 e. The first-order valence-electron chi connectivity index (χ1n) is 7.25. The third-order valence-corrected chi connectivity index (χ3v) is 3.61. The Labute approximate surface area is 128 Å². The highest BCUT2D eigenvalue weighted by molar-refractivity contribution is 5.80. The van der Waals surface area contributed by atoms with E-state index >= 15 is 0 Å². The molecular formula is C17H18FN3O. The van der Waals surface area contributed by atoms with Crippen LogP contribution in [-0.2, 0) is 0 Å². The van der Waals surface area contributed by atoms with Crippen molar-refractivity contribution in [1.82, 2.24) is 14.7 Å². The summed E-state index contributed by atoms with van der Waals surface area (Å²) in [7, 11) is 0. The van der Waals surface area contributed by atoms with Gasteiger partial charge in [-0.3, -0.25) is 9.97 Å². The molecule has 114 valence electrons. The van der Waals surface area contributed by atoms with Crippen molar-refractivity contribution >= 4 is 10.9 Å². The van der Waals surface area contributed by atoms with E-state index in [1.54, 1.807) is 17.9 Å². The lowest BCUT2D eigenvalue weighted by atomic mass is 10.1. The van der Waals surface area contributed by atoms with Crippen molar-refractivity contribution in [1.29, 1.82) is 0 Å². The maximum Gasteiger partial charge on any atom is 0.194 e. The third-order valence-electron chi connectivity index (χ3n) is 3.61. The van der Waals surface area contributed by atoms with Gasteiger partial charge in [0.05, 0.1) is 16.9 Å². The van der Waals surface area contributed by atoms with E-state index < -0.39 is 5.82 Å². The molecule has 0 aliphatic carbocycles. The van der Waals surface area contributed by atoms with Gasteiger partial charge in [0.2, 0.25) is 0 Å². The van der Waals surface area contributed by atoms with Crippen molar-refractivity contribution < 1.29 is 9.23 Å². The van der Waals surface area contributed by atoms with E-state index in [1.165, 1.54) is 6.07 Å². The van der Waals surface area contributed by atoms with Crippen molar-refractivity contribution in [2.75, 3.05) is 0 Å². The summed E-state index contributed by atoms with van der Waals surface area (Å²) < 4.78 is 15.9. The van der Waals surface area contributed by atoms with Crippen LogP contribution in [0.1, 0.15) is 36.8 Å². The number of pyridine rings is 2. The number of aryl methyl sites for hydroxylation is 2. The summed E-state index contributed by atoms with van der Waals surface area (Å²) in [6.07, 6.45) is 3.35. The summed E-state index contributed by atoms with van der Waals surface area (Å²) in [5.41, 5.74) is 3.05. The number of fused-ring (bicyclic) bond motifs is 1. The van der Waals surface area contributed by atoms with E-state index in [9.17, 15) is 4.39 Å². The van der Waals surface area contributed by atoms with Gasteiger partial charge in [0, 0.05) is 29.5 Å². The van der Waals surface area contributed by atoms with Gasteiger partial charge in [0.15, 0.2) is 11.6 Å². The zero-order chi connectivity index (χ0) is 15.9. The Balaban J connectivity index is 2.18. The molecule has 0 atom stereocenters. The van der Waals surface area contributed by atoms with Gasteiger partial charge >= 0.3 is 0 Å². The zero-order valence-electron chi connectivity index (χ0n) is 13.1. The molecule has 0 fully saturated rings. The van der Waals surface area contributed by atoms with Crippen LogP contribution in [0.3, 0.4) is 0 Å². The summed E-state index contributed by atoms with van der Waals surface area (Å²) in [5, 5.41) is 0.973. The predicted molar refractivity (Wildman–Crippen MR) is 83.5 cm³/mol. The fourth-order valence-corrected chi connectivity index (χ4v) is 2.40. The van der Waals surface area contributed by atoms with Crippen LogP contribution in [0, 0.1) is 19.7 Å². The molecule has 0 saturated carbocycles. The molecule has 4 nitrogen and oxygen atoms in total. The summed E-state index contributed by atoms with van der Waals surface area (Å²) in [4.78, 5) is 14.1. The molecular weight excluding hydrogens is 281 g/mol. The van der Waals surface area contributed by atoms with Crippen LogP contribution >= 0.6 is 0 Å². The Hall–Kier alpha value is -2.43. The van der Waals surface area contributed by atoms with Crippen LogP contribution in [0.5, 0.6) is 5.75 Å². The molecule has 0 N–H and O–H groups in total. The fraction of sp³-hybridized carbons (Fsp3) is 0.294. The van der Waals surface area contributed by atoms with E-state index in [0.29, 0.717) is 5.69 Å². The van der Waals surface area contributed by atoms with E-state index in [1.807, 2.05) is 25.3 Å². The van der Waals surface area contributed by atoms with Crippen molar-refractivity contribution in [2.24, 2.45) is 0 Å². The summed E-state index contributed by atoms with van der Waals surface area (Å²) >= 11 is 0. The number of aromatic nitrogens is 3. The Morgan fingerprint density at radius 3 is 2.68 bits per heavy atom. The SMILES string of the molecule is Cc1cc2c(cn1)cc(C(C)C)n2Oc1ccnc(C)c1F. The minimum atomic E-state index is -0.440. The van der Waals surface area contributed by atoms with Crippen LogP contribution in [-0.4, -0.2) is 14.7 Å². The molecule has 3 rings (SSSR count). The first-order valence-corrected chi connectivity index (χ1v) is 7.25. The summed E-state index contributed by atoms with van der Waals surface area (Å²) in [6.45, 7) is 7.68. The zero-order valence-corrected chi connectivity index (χ0v) is 13.1. The molecule has 0 spiro atoms. The van der Waals surface area contributed by atoms with Crippen LogP contribution in [0.4, 0.5) is 4.39 Å². The van der Waals surface area contributed by atoms with Gasteiger partial charge in [0.1, 0.15) is 0 Å². The first-order chi connectivity index (χ1) is 10.5. The predicted octanol–water partition coefficient (Wildman–Crippen LogP) is 4.15. The Kier molecular flexibility index (Phi) is 3.56. The van der Waals surface area contributed by atoms with Crippen molar-refractivity contribution in [3.8, 4) is 5.75 Å². The molecule has 0 radical (unpaired) electrons. The van der Waals surface area contributed by atoms with Crippen LogP contribution in [0.15, 0.2) is 30.6 Å². The molecule has 3 aromatic rings. The molecule has 0 aliphatic rings. The van der Waals surface area contributed by atoms with Gasteiger partial charge in [-0.2, -0.15) is 4.73 Å². The van der Waals surface area contributed by atoms with Crippen LogP contribution in [0.2, 0.25) is 0 Å². The van der Waals surface area contributed by atoms with Crippen LogP contribution in [0.25, 0.3) is 10.9 Å². The molecule has 0 aromatic carbocycles. The quantitative estimate of drug-likeness (QED) is 0.729. The molecule has 5 heteroatoms. The molecule has 0 aliphatic heterocycles. The van der Waals surface area contributed by atoms with Crippen molar-refractivity contribution in [2.45, 2.75) is 33.6 Å². The van der Waals surface area contributed by atoms with Crippen molar-refractivity contribution in [3.63, 3.8) is 0 Å². The van der Waals surface area contributed by atoms with Gasteiger partial charge in [-0.25, -0.2) is 4.39 Å². The van der Waals surface area contributed by atoms with Crippen LogP contribution < -0.4 is 4.84 Å². The Morgan fingerprint density at radius 1 is 1.18 bits per heavy atom. The van der Waals surface area contributed by atoms with Gasteiger partial charge in [-0.05, 0) is 31.9 Å². The molecule has 0 unspecified atom stereocenters. The maximum atomic E-state index is 14.2. The van der Waals surface area contributed by atoms with E-state index in [4.69, 9.17) is 4.84 Å². The minimum absolute atomic E-state index is 0.168. The smallest absolute Gasteiger partial charge is 0.194 e. The first kappa shape index (κ1) is 14.5. The summed E-state index contributed by atoms with van der Waals surface area (Å²) in [5.74, 6) is -0.0371. The van der Waals surface area contributed by atoms with Gasteiger partial charge in [-0.1, -0.05) is 13.8 Å². The standard InChI is InChI=1S/C17H18FN3O/c1-10(2)14-8-13-9-20-11(3)7-15(13)21(14)22-16-5-6-19-12(4)17(16)18/h5-10H,1-4H3. The highest BCUT2D eigenvalue weighted by Crippen LogP contribution is 2.28. The Bertz CT molecular complexity index is 839. The summed E-state index contributed by atoms with van der Waals surface area (Å²) in [6, 6.07) is 5.50. The van der Waals surface area contributed by atoms with E-state index in [2.05, 4.69) is 23.8 Å². The second-order valence-corrected chi connectivity index (χ2v) is 5.70. The molecule has 0 amide bonds. The normalized spacial score (nSPS) is 11.4. The largest absolute Gasteiger partial charge is 0.372 e. The average Bonchev–Trinajstić information content (AvgIpc) is 2.82. The van der Waals surface area contributed by atoms with E-state index in [-0.39, 0.29) is 11.7 Å². The fourth-order valence-electron chi connectivity index (χ4n) is 2.40. The lowest BCUT2D eigenvalue weighted by molar-refractivity contribution is 0.205. The number of hydrogen-bond donors (Lipinski definition) is 0. The lowest BCUT2D eigenvalue weighted by Gasteiger charge is -2.14. The second-order valence-electron chi connectivity index (χ2n) is 5.70. The number of rotatable bonds is 3. The third kappa shape index (κ3) is 2.43. The van der Waals surface area contributed by atoms with Crippen molar-refractivity contribution in [3.05, 3.63) is 53.5 Å². The highest BCUT2D eigenvalue weighted by atomic mass is 19.1. The monoisotopic (exact) mass is 299 g/mol. The molecule has 22 heavy (non-hydrogen) atoms. The number of halogens is 1. The van der Waals surface area contributed by atoms with Gasteiger partial charge < -0.3 is 4.84 Å². The topological polar surface area (TPSA) is 39.9 Å². The van der Waals surface area contributed by atoms with Gasteiger partial charge in [0.25, 0.3) is 0 Å².